The smallest absolute Gasteiger partial charge is 0.241 e. The average molecular weight is 295 g/mol. The van der Waals surface area contributed by atoms with Gasteiger partial charge >= 0.3 is 0 Å². The van der Waals surface area contributed by atoms with Crippen molar-refractivity contribution in [3.63, 3.8) is 0 Å². The topological polar surface area (TPSA) is 80.0 Å². The Bertz CT molecular complexity index is 575. The number of aliphatic hydroxyl groups is 1. The Labute approximate surface area is 121 Å². The molecular formula is C12H15ClN6O. The maximum Gasteiger partial charge on any atom is 0.241 e. The van der Waals surface area contributed by atoms with Gasteiger partial charge < -0.3 is 10.0 Å². The number of hydrogen-bond acceptors (Lipinski definition) is 6. The standard InChI is InChI=1S/C12H15ClN6O/c13-10-15-11(18-4-1-2-9(6-18)7-20)17-12(16-10)19-5-3-14-8-19/h3,5,8-9,20H,1-2,4,6-7H2. The van der Waals surface area contributed by atoms with Gasteiger partial charge in [-0.3, -0.25) is 4.57 Å². The predicted molar refractivity (Wildman–Crippen MR) is 74.0 cm³/mol. The van der Waals surface area contributed by atoms with E-state index in [4.69, 9.17) is 11.6 Å². The Hall–Kier alpha value is -1.73. The number of hydrogen-bond donors (Lipinski definition) is 1. The molecule has 0 bridgehead atoms. The van der Waals surface area contributed by atoms with Crippen LogP contribution in [-0.4, -0.2) is 49.3 Å². The van der Waals surface area contributed by atoms with Crippen LogP contribution in [-0.2, 0) is 0 Å². The summed E-state index contributed by atoms with van der Waals surface area (Å²) in [6, 6.07) is 0. The lowest BCUT2D eigenvalue weighted by molar-refractivity contribution is 0.208. The third-order valence-electron chi connectivity index (χ3n) is 3.38. The molecule has 1 N–H and O–H groups in total. The molecule has 8 heteroatoms. The summed E-state index contributed by atoms with van der Waals surface area (Å²) in [4.78, 5) is 18.7. The van der Waals surface area contributed by atoms with Gasteiger partial charge in [0.25, 0.3) is 0 Å². The van der Waals surface area contributed by atoms with Gasteiger partial charge in [0.15, 0.2) is 0 Å². The van der Waals surface area contributed by atoms with Crippen LogP contribution in [0.2, 0.25) is 5.28 Å². The van der Waals surface area contributed by atoms with E-state index in [-0.39, 0.29) is 17.8 Å². The van der Waals surface area contributed by atoms with Crippen molar-refractivity contribution in [2.45, 2.75) is 12.8 Å². The van der Waals surface area contributed by atoms with Crippen LogP contribution < -0.4 is 4.90 Å². The molecule has 3 heterocycles. The first-order valence-electron chi connectivity index (χ1n) is 6.52. The van der Waals surface area contributed by atoms with Crippen LogP contribution >= 0.6 is 11.6 Å². The maximum absolute atomic E-state index is 9.30. The third-order valence-corrected chi connectivity index (χ3v) is 3.55. The third kappa shape index (κ3) is 2.73. The van der Waals surface area contributed by atoms with Crippen LogP contribution in [0.25, 0.3) is 5.95 Å². The monoisotopic (exact) mass is 294 g/mol. The average Bonchev–Trinajstić information content (AvgIpc) is 3.01. The van der Waals surface area contributed by atoms with E-state index in [2.05, 4.69) is 19.9 Å². The van der Waals surface area contributed by atoms with Crippen molar-refractivity contribution in [1.29, 1.82) is 0 Å². The van der Waals surface area contributed by atoms with Gasteiger partial charge in [-0.2, -0.15) is 15.0 Å². The van der Waals surface area contributed by atoms with Crippen molar-refractivity contribution in [1.82, 2.24) is 24.5 Å². The van der Waals surface area contributed by atoms with E-state index in [9.17, 15) is 5.11 Å². The van der Waals surface area contributed by atoms with Crippen LogP contribution in [0, 0.1) is 5.92 Å². The molecule has 1 saturated heterocycles. The molecular weight excluding hydrogens is 280 g/mol. The fourth-order valence-electron chi connectivity index (χ4n) is 2.36. The lowest BCUT2D eigenvalue weighted by atomic mass is 9.99. The molecule has 1 aliphatic rings. The van der Waals surface area contributed by atoms with Crippen LogP contribution in [0.5, 0.6) is 0 Å². The largest absolute Gasteiger partial charge is 0.396 e. The minimum Gasteiger partial charge on any atom is -0.396 e. The van der Waals surface area contributed by atoms with Crippen molar-refractivity contribution >= 4 is 17.5 Å². The normalized spacial score (nSPS) is 19.3. The molecule has 0 amide bonds. The highest BCUT2D eigenvalue weighted by molar-refractivity contribution is 6.28. The maximum atomic E-state index is 9.30. The highest BCUT2D eigenvalue weighted by atomic mass is 35.5. The molecule has 7 nitrogen and oxygen atoms in total. The number of anilines is 1. The fourth-order valence-corrected chi connectivity index (χ4v) is 2.51. The predicted octanol–water partition coefficient (Wildman–Crippen LogP) is 0.919. The summed E-state index contributed by atoms with van der Waals surface area (Å²) < 4.78 is 1.69. The van der Waals surface area contributed by atoms with E-state index >= 15 is 0 Å². The summed E-state index contributed by atoms with van der Waals surface area (Å²) in [6.07, 6.45) is 7.06. The number of aromatic nitrogens is 5. The molecule has 0 aromatic carbocycles. The lowest BCUT2D eigenvalue weighted by Gasteiger charge is -2.31. The molecule has 2 aromatic rings. The Balaban J connectivity index is 1.89. The Morgan fingerprint density at radius 2 is 2.15 bits per heavy atom. The fraction of sp³-hybridized carbons (Fsp3) is 0.500. The van der Waals surface area contributed by atoms with Crippen LogP contribution in [0.1, 0.15) is 12.8 Å². The lowest BCUT2D eigenvalue weighted by Crippen LogP contribution is -2.38. The number of nitrogens with zero attached hydrogens (tertiary/aromatic N) is 6. The van der Waals surface area contributed by atoms with Crippen molar-refractivity contribution in [2.75, 3.05) is 24.6 Å². The molecule has 106 valence electrons. The van der Waals surface area contributed by atoms with Crippen molar-refractivity contribution in [3.8, 4) is 5.95 Å². The van der Waals surface area contributed by atoms with E-state index in [1.807, 2.05) is 4.90 Å². The van der Waals surface area contributed by atoms with Crippen molar-refractivity contribution in [3.05, 3.63) is 24.0 Å². The number of rotatable bonds is 3. The van der Waals surface area contributed by atoms with Gasteiger partial charge in [0.05, 0.1) is 0 Å². The first-order chi connectivity index (χ1) is 9.76. The molecule has 20 heavy (non-hydrogen) atoms. The molecule has 0 saturated carbocycles. The molecule has 3 rings (SSSR count). The second-order valence-corrected chi connectivity index (χ2v) is 5.15. The summed E-state index contributed by atoms with van der Waals surface area (Å²) in [7, 11) is 0. The van der Waals surface area contributed by atoms with E-state index < -0.39 is 0 Å². The summed E-state index contributed by atoms with van der Waals surface area (Å²) in [6.45, 7) is 1.78. The molecule has 1 aliphatic heterocycles. The van der Waals surface area contributed by atoms with Gasteiger partial charge in [-0.05, 0) is 30.4 Å². The van der Waals surface area contributed by atoms with Gasteiger partial charge in [-0.1, -0.05) is 0 Å². The first kappa shape index (κ1) is 13.3. The van der Waals surface area contributed by atoms with Crippen LogP contribution in [0.4, 0.5) is 5.95 Å². The zero-order chi connectivity index (χ0) is 13.9. The molecule has 0 aliphatic carbocycles. The minimum absolute atomic E-state index is 0.157. The SMILES string of the molecule is OCC1CCCN(c2nc(Cl)nc(-n3ccnc3)n2)C1. The van der Waals surface area contributed by atoms with E-state index in [0.717, 1.165) is 25.9 Å². The summed E-state index contributed by atoms with van der Waals surface area (Å²) in [5, 5.41) is 9.45. The zero-order valence-electron chi connectivity index (χ0n) is 10.9. The number of piperidine rings is 1. The Kier molecular flexibility index (Phi) is 3.79. The van der Waals surface area contributed by atoms with Gasteiger partial charge in [0.2, 0.25) is 17.2 Å². The second-order valence-electron chi connectivity index (χ2n) is 4.81. The number of aliphatic hydroxyl groups excluding tert-OH is 1. The summed E-state index contributed by atoms with van der Waals surface area (Å²) >= 11 is 5.98. The Morgan fingerprint density at radius 1 is 1.30 bits per heavy atom. The van der Waals surface area contributed by atoms with E-state index in [0.29, 0.717) is 11.9 Å². The van der Waals surface area contributed by atoms with Gasteiger partial charge in [0.1, 0.15) is 6.33 Å². The molecule has 0 radical (unpaired) electrons. The van der Waals surface area contributed by atoms with Gasteiger partial charge in [-0.25, -0.2) is 4.98 Å². The molecule has 0 spiro atoms. The molecule has 1 fully saturated rings. The highest BCUT2D eigenvalue weighted by Gasteiger charge is 2.22. The summed E-state index contributed by atoms with van der Waals surface area (Å²) in [5.41, 5.74) is 0. The molecule has 1 unspecified atom stereocenters. The molecule has 1 atom stereocenters. The van der Waals surface area contributed by atoms with Crippen molar-refractivity contribution < 1.29 is 5.11 Å². The zero-order valence-corrected chi connectivity index (χ0v) is 11.6. The quantitative estimate of drug-likeness (QED) is 0.907. The van der Waals surface area contributed by atoms with Crippen LogP contribution in [0.15, 0.2) is 18.7 Å². The van der Waals surface area contributed by atoms with E-state index in [1.165, 1.54) is 0 Å². The van der Waals surface area contributed by atoms with E-state index in [1.54, 1.807) is 23.3 Å². The van der Waals surface area contributed by atoms with Gasteiger partial charge in [-0.15, -0.1) is 0 Å². The van der Waals surface area contributed by atoms with Crippen molar-refractivity contribution in [2.24, 2.45) is 5.92 Å². The highest BCUT2D eigenvalue weighted by Crippen LogP contribution is 2.21. The number of imidazole rings is 1. The minimum atomic E-state index is 0.157. The van der Waals surface area contributed by atoms with Gasteiger partial charge in [0, 0.05) is 32.1 Å². The summed E-state index contributed by atoms with van der Waals surface area (Å²) in [5.74, 6) is 1.26. The first-order valence-corrected chi connectivity index (χ1v) is 6.90. The Morgan fingerprint density at radius 3 is 2.90 bits per heavy atom. The number of halogens is 1. The second kappa shape index (κ2) is 5.72. The molecule has 2 aromatic heterocycles. The van der Waals surface area contributed by atoms with Crippen LogP contribution in [0.3, 0.4) is 0 Å².